The second-order valence-electron chi connectivity index (χ2n) is 2.78. The van der Waals surface area contributed by atoms with Crippen LogP contribution in [0.5, 0.6) is 0 Å². The number of hydrogen-bond acceptors (Lipinski definition) is 2. The van der Waals surface area contributed by atoms with Gasteiger partial charge in [0.05, 0.1) is 5.02 Å². The summed E-state index contributed by atoms with van der Waals surface area (Å²) in [6.07, 6.45) is 0.568. The summed E-state index contributed by atoms with van der Waals surface area (Å²) in [4.78, 5) is 12.4. The number of carbonyl (C=O) groups is 1. The highest BCUT2D eigenvalue weighted by molar-refractivity contribution is 7.99. The van der Waals surface area contributed by atoms with Gasteiger partial charge in [-0.1, -0.05) is 23.2 Å². The third-order valence-corrected chi connectivity index (χ3v) is 3.44. The van der Waals surface area contributed by atoms with Gasteiger partial charge in [-0.2, -0.15) is 0 Å². The van der Waals surface area contributed by atoms with E-state index in [4.69, 9.17) is 23.2 Å². The van der Waals surface area contributed by atoms with Crippen LogP contribution in [0.25, 0.3) is 0 Å². The summed E-state index contributed by atoms with van der Waals surface area (Å²) >= 11 is 13.4. The number of ketones is 1. The summed E-state index contributed by atoms with van der Waals surface area (Å²) < 4.78 is 0. The Morgan fingerprint density at radius 3 is 2.85 bits per heavy atom. The van der Waals surface area contributed by atoms with Gasteiger partial charge in [0, 0.05) is 27.7 Å². The predicted octanol–water partition coefficient (Wildman–Crippen LogP) is 3.67. The lowest BCUT2D eigenvalue weighted by atomic mass is 10.1. The maximum atomic E-state index is 11.5. The van der Waals surface area contributed by atoms with E-state index in [2.05, 4.69) is 0 Å². The molecule has 1 aliphatic rings. The van der Waals surface area contributed by atoms with Crippen molar-refractivity contribution < 1.29 is 4.79 Å². The zero-order valence-electron chi connectivity index (χ0n) is 6.64. The van der Waals surface area contributed by atoms with E-state index in [9.17, 15) is 4.79 Å². The van der Waals surface area contributed by atoms with Gasteiger partial charge in [0.15, 0.2) is 5.78 Å². The molecule has 0 fully saturated rings. The Balaban J connectivity index is 2.63. The highest BCUT2D eigenvalue weighted by atomic mass is 35.5. The quantitative estimate of drug-likeness (QED) is 0.680. The van der Waals surface area contributed by atoms with Crippen molar-refractivity contribution in [3.05, 3.63) is 27.7 Å². The van der Waals surface area contributed by atoms with Crippen LogP contribution in [0.3, 0.4) is 0 Å². The number of thioether (sulfide) groups is 1. The van der Waals surface area contributed by atoms with Gasteiger partial charge >= 0.3 is 0 Å². The second kappa shape index (κ2) is 3.52. The molecule has 1 aromatic carbocycles. The molecule has 0 N–H and O–H groups in total. The zero-order chi connectivity index (χ0) is 9.42. The minimum absolute atomic E-state index is 0.121. The van der Waals surface area contributed by atoms with Crippen molar-refractivity contribution in [2.24, 2.45) is 0 Å². The van der Waals surface area contributed by atoms with E-state index in [0.29, 0.717) is 22.0 Å². The molecule has 1 aliphatic heterocycles. The third kappa shape index (κ3) is 1.71. The topological polar surface area (TPSA) is 17.1 Å². The minimum atomic E-state index is 0.121. The SMILES string of the molecule is O=C1CCSc2cc(Cl)cc(Cl)c21. The Hall–Kier alpha value is -0.180. The smallest absolute Gasteiger partial charge is 0.166 e. The van der Waals surface area contributed by atoms with E-state index in [-0.39, 0.29) is 5.78 Å². The van der Waals surface area contributed by atoms with E-state index in [1.54, 1.807) is 23.9 Å². The van der Waals surface area contributed by atoms with Crippen molar-refractivity contribution in [3.63, 3.8) is 0 Å². The van der Waals surface area contributed by atoms with Crippen molar-refractivity contribution in [3.8, 4) is 0 Å². The number of fused-ring (bicyclic) bond motifs is 1. The number of carbonyl (C=O) groups excluding carboxylic acids is 1. The molecule has 0 saturated carbocycles. The molecule has 0 unspecified atom stereocenters. The molecule has 0 radical (unpaired) electrons. The number of rotatable bonds is 0. The lowest BCUT2D eigenvalue weighted by molar-refractivity contribution is 0.0985. The maximum Gasteiger partial charge on any atom is 0.166 e. The lowest BCUT2D eigenvalue weighted by Gasteiger charge is -2.15. The average molecular weight is 233 g/mol. The monoisotopic (exact) mass is 232 g/mol. The van der Waals surface area contributed by atoms with E-state index in [1.165, 1.54) is 0 Å². The van der Waals surface area contributed by atoms with Crippen molar-refractivity contribution >= 4 is 40.7 Å². The second-order valence-corrected chi connectivity index (χ2v) is 4.76. The van der Waals surface area contributed by atoms with E-state index >= 15 is 0 Å². The van der Waals surface area contributed by atoms with Crippen molar-refractivity contribution in [2.75, 3.05) is 5.75 Å². The van der Waals surface area contributed by atoms with Crippen LogP contribution in [0.15, 0.2) is 17.0 Å². The third-order valence-electron chi connectivity index (χ3n) is 1.88. The number of halogens is 2. The highest BCUT2D eigenvalue weighted by Gasteiger charge is 2.21. The summed E-state index contributed by atoms with van der Waals surface area (Å²) in [6, 6.07) is 3.41. The fraction of sp³-hybridized carbons (Fsp3) is 0.222. The Labute approximate surface area is 90.4 Å². The van der Waals surface area contributed by atoms with Gasteiger partial charge in [0.2, 0.25) is 0 Å². The molecule has 0 aromatic heterocycles. The minimum Gasteiger partial charge on any atom is -0.294 e. The van der Waals surface area contributed by atoms with Gasteiger partial charge in [-0.15, -0.1) is 11.8 Å². The first-order chi connectivity index (χ1) is 6.18. The molecular weight excluding hydrogens is 227 g/mol. The molecule has 0 atom stereocenters. The Bertz CT molecular complexity index is 376. The van der Waals surface area contributed by atoms with Crippen LogP contribution in [0.2, 0.25) is 10.0 Å². The fourth-order valence-electron chi connectivity index (χ4n) is 1.31. The summed E-state index contributed by atoms with van der Waals surface area (Å²) in [7, 11) is 0. The van der Waals surface area contributed by atoms with Gasteiger partial charge in [-0.25, -0.2) is 0 Å². The van der Waals surface area contributed by atoms with Gasteiger partial charge in [-0.3, -0.25) is 4.79 Å². The maximum absolute atomic E-state index is 11.5. The Morgan fingerprint density at radius 2 is 2.08 bits per heavy atom. The van der Waals surface area contributed by atoms with Crippen LogP contribution in [0.4, 0.5) is 0 Å². The standard InChI is InChI=1S/C9H6Cl2OS/c10-5-3-6(11)9-7(12)1-2-13-8(9)4-5/h3-4H,1-2H2. The first-order valence-electron chi connectivity index (χ1n) is 3.83. The summed E-state index contributed by atoms with van der Waals surface area (Å²) in [5, 5.41) is 1.06. The first kappa shape index (κ1) is 9.38. The van der Waals surface area contributed by atoms with Gasteiger partial charge in [-0.05, 0) is 12.1 Å². The number of Topliss-reactive ketones (excluding diaryl/α,β-unsaturated/α-hetero) is 1. The molecule has 1 nitrogen and oxygen atoms in total. The summed E-state index contributed by atoms with van der Waals surface area (Å²) in [5.74, 6) is 0.943. The number of benzene rings is 1. The molecule has 0 amide bonds. The van der Waals surface area contributed by atoms with Crippen LogP contribution in [-0.4, -0.2) is 11.5 Å². The molecule has 1 heterocycles. The van der Waals surface area contributed by atoms with Gasteiger partial charge in [0.25, 0.3) is 0 Å². The van der Waals surface area contributed by atoms with Crippen molar-refractivity contribution in [1.29, 1.82) is 0 Å². The van der Waals surface area contributed by atoms with Crippen LogP contribution in [-0.2, 0) is 0 Å². The van der Waals surface area contributed by atoms with E-state index in [0.717, 1.165) is 10.6 Å². The molecule has 4 heteroatoms. The predicted molar refractivity (Wildman–Crippen MR) is 56.1 cm³/mol. The molecule has 0 saturated heterocycles. The molecule has 68 valence electrons. The summed E-state index contributed by atoms with van der Waals surface area (Å²) in [6.45, 7) is 0. The molecule has 0 aliphatic carbocycles. The van der Waals surface area contributed by atoms with Crippen molar-refractivity contribution in [2.45, 2.75) is 11.3 Å². The molecule has 0 bridgehead atoms. The normalized spacial score (nSPS) is 15.7. The lowest BCUT2D eigenvalue weighted by Crippen LogP contribution is -2.08. The zero-order valence-corrected chi connectivity index (χ0v) is 8.97. The van der Waals surface area contributed by atoms with E-state index in [1.807, 2.05) is 0 Å². The van der Waals surface area contributed by atoms with Crippen LogP contribution in [0.1, 0.15) is 16.8 Å². The van der Waals surface area contributed by atoms with Crippen LogP contribution >= 0.6 is 35.0 Å². The van der Waals surface area contributed by atoms with Gasteiger partial charge in [0.1, 0.15) is 0 Å². The van der Waals surface area contributed by atoms with Crippen molar-refractivity contribution in [1.82, 2.24) is 0 Å². The Kier molecular flexibility index (Phi) is 2.54. The molecule has 2 rings (SSSR count). The highest BCUT2D eigenvalue weighted by Crippen LogP contribution is 2.36. The largest absolute Gasteiger partial charge is 0.294 e. The van der Waals surface area contributed by atoms with E-state index < -0.39 is 0 Å². The van der Waals surface area contributed by atoms with Gasteiger partial charge < -0.3 is 0 Å². The fourth-order valence-corrected chi connectivity index (χ4v) is 3.12. The average Bonchev–Trinajstić information content (AvgIpc) is 2.02. The van der Waals surface area contributed by atoms with Crippen LogP contribution in [0, 0.1) is 0 Å². The molecule has 0 spiro atoms. The Morgan fingerprint density at radius 1 is 1.31 bits per heavy atom. The number of hydrogen-bond donors (Lipinski definition) is 0. The summed E-state index contributed by atoms with van der Waals surface area (Å²) in [5.41, 5.74) is 0.641. The first-order valence-corrected chi connectivity index (χ1v) is 5.57. The molecular formula is C9H6Cl2OS. The van der Waals surface area contributed by atoms with Crippen LogP contribution < -0.4 is 0 Å². The molecule has 1 aromatic rings. The molecule has 13 heavy (non-hydrogen) atoms.